The number of carbonyl (C=O) groups is 1. The Labute approximate surface area is 144 Å². The van der Waals surface area contributed by atoms with E-state index in [2.05, 4.69) is 10.3 Å². The molecule has 2 rings (SSSR count). The number of ether oxygens (including phenoxy) is 1. The van der Waals surface area contributed by atoms with Gasteiger partial charge in [-0.05, 0) is 6.07 Å². The molecule has 0 saturated carbocycles. The molecule has 1 N–H and O–H groups in total. The highest BCUT2D eigenvalue weighted by Gasteiger charge is 2.25. The maximum Gasteiger partial charge on any atom is 0.234 e. The zero-order valence-corrected chi connectivity index (χ0v) is 13.9. The van der Waals surface area contributed by atoms with Gasteiger partial charge in [0.05, 0.1) is 7.11 Å². The molecule has 0 aliphatic rings. The normalized spacial score (nSPS) is 10.0. The predicted octanol–water partition coefficient (Wildman–Crippen LogP) is 3.23. The second-order valence-electron chi connectivity index (χ2n) is 5.44. The van der Waals surface area contributed by atoms with E-state index in [1.807, 2.05) is 12.1 Å². The van der Waals surface area contributed by atoms with Crippen LogP contribution in [0.1, 0.15) is 25.0 Å². The summed E-state index contributed by atoms with van der Waals surface area (Å²) in [6, 6.07) is 9.55. The average molecular weight is 338 g/mol. The number of carbonyl (C=O) groups excluding carboxylic acids is 1. The molecule has 0 spiro atoms. The van der Waals surface area contributed by atoms with Gasteiger partial charge in [0.15, 0.2) is 5.82 Å². The molecule has 0 bridgehead atoms. The van der Waals surface area contributed by atoms with E-state index >= 15 is 0 Å². The van der Waals surface area contributed by atoms with Gasteiger partial charge in [0, 0.05) is 17.0 Å². The second kappa shape index (κ2) is 7.41. The number of halogens is 1. The minimum absolute atomic E-state index is 0.0361. The van der Waals surface area contributed by atoms with E-state index in [0.29, 0.717) is 0 Å². The second-order valence-corrected chi connectivity index (χ2v) is 5.44. The van der Waals surface area contributed by atoms with Gasteiger partial charge in [0.25, 0.3) is 0 Å². The van der Waals surface area contributed by atoms with Gasteiger partial charge in [-0.1, -0.05) is 32.0 Å². The quantitative estimate of drug-likeness (QED) is 0.922. The van der Waals surface area contributed by atoms with Crippen molar-refractivity contribution in [3.8, 4) is 29.1 Å². The molecule has 1 aromatic heterocycles. The smallest absolute Gasteiger partial charge is 0.234 e. The summed E-state index contributed by atoms with van der Waals surface area (Å²) in [4.78, 5) is 16.1. The molecular weight excluding hydrogens is 323 g/mol. The summed E-state index contributed by atoms with van der Waals surface area (Å²) in [6.45, 7) is 3.36. The Balaban J connectivity index is 2.84. The number of nitrogens with one attached hydrogen (secondary N) is 1. The molecule has 25 heavy (non-hydrogen) atoms. The molecule has 1 amide bonds. The molecular formula is C18H15FN4O2. The standard InChI is InChI=1S/C18H15FN4O2/c1-10(2)17(24)22-16-12(8-20)15(11-6-4-5-7-14(11)19)13(9-21)18(23-16)25-3/h4-7,10H,1-3H3,(H,22,23,24). The highest BCUT2D eigenvalue weighted by molar-refractivity contribution is 5.95. The third kappa shape index (κ3) is 3.41. The number of nitrogens with zero attached hydrogens (tertiary/aromatic N) is 3. The lowest BCUT2D eigenvalue weighted by Gasteiger charge is -2.15. The minimum atomic E-state index is -0.607. The summed E-state index contributed by atoms with van der Waals surface area (Å²) in [5.74, 6) is -1.50. The largest absolute Gasteiger partial charge is 0.480 e. The lowest BCUT2D eigenvalue weighted by atomic mass is 9.95. The minimum Gasteiger partial charge on any atom is -0.480 e. The van der Waals surface area contributed by atoms with Crippen LogP contribution in [0.2, 0.25) is 0 Å². The van der Waals surface area contributed by atoms with Crippen molar-refractivity contribution in [1.82, 2.24) is 4.98 Å². The number of amides is 1. The van der Waals surface area contributed by atoms with Gasteiger partial charge in [-0.15, -0.1) is 0 Å². The van der Waals surface area contributed by atoms with Gasteiger partial charge in [0.2, 0.25) is 11.8 Å². The van der Waals surface area contributed by atoms with Crippen LogP contribution in [-0.4, -0.2) is 18.0 Å². The first-order chi connectivity index (χ1) is 11.9. The summed E-state index contributed by atoms with van der Waals surface area (Å²) < 4.78 is 19.4. The van der Waals surface area contributed by atoms with Gasteiger partial charge < -0.3 is 10.1 Å². The van der Waals surface area contributed by atoms with E-state index in [-0.39, 0.29) is 45.8 Å². The number of hydrogen-bond acceptors (Lipinski definition) is 5. The Morgan fingerprint density at radius 1 is 1.24 bits per heavy atom. The van der Waals surface area contributed by atoms with Crippen LogP contribution in [-0.2, 0) is 4.79 Å². The van der Waals surface area contributed by atoms with E-state index in [0.717, 1.165) is 0 Å². The van der Waals surface area contributed by atoms with E-state index in [9.17, 15) is 19.7 Å². The molecule has 7 heteroatoms. The van der Waals surface area contributed by atoms with Gasteiger partial charge in [0.1, 0.15) is 29.1 Å². The molecule has 0 fully saturated rings. The maximum atomic E-state index is 14.3. The Morgan fingerprint density at radius 3 is 2.40 bits per heavy atom. The van der Waals surface area contributed by atoms with E-state index in [4.69, 9.17) is 4.74 Å². The summed E-state index contributed by atoms with van der Waals surface area (Å²) in [5.41, 5.74) is -0.0894. The van der Waals surface area contributed by atoms with Crippen molar-refractivity contribution in [3.05, 3.63) is 41.2 Å². The molecule has 0 radical (unpaired) electrons. The SMILES string of the molecule is COc1nc(NC(=O)C(C)C)c(C#N)c(-c2ccccc2F)c1C#N. The highest BCUT2D eigenvalue weighted by atomic mass is 19.1. The Kier molecular flexibility index (Phi) is 5.31. The molecule has 126 valence electrons. The predicted molar refractivity (Wildman–Crippen MR) is 89.1 cm³/mol. The molecule has 0 atom stereocenters. The van der Waals surface area contributed by atoms with Crippen molar-refractivity contribution in [3.63, 3.8) is 0 Å². The van der Waals surface area contributed by atoms with Crippen LogP contribution in [0.5, 0.6) is 5.88 Å². The Hall–Kier alpha value is -3.45. The van der Waals surface area contributed by atoms with Crippen LogP contribution in [0, 0.1) is 34.4 Å². The molecule has 0 aliphatic carbocycles. The van der Waals surface area contributed by atoms with Crippen molar-refractivity contribution in [2.24, 2.45) is 5.92 Å². The number of anilines is 1. The summed E-state index contributed by atoms with van der Waals surface area (Å²) in [6.07, 6.45) is 0. The van der Waals surface area contributed by atoms with E-state index < -0.39 is 5.82 Å². The van der Waals surface area contributed by atoms with Crippen LogP contribution in [0.25, 0.3) is 11.1 Å². The number of benzene rings is 1. The number of methoxy groups -OCH3 is 1. The number of hydrogen-bond donors (Lipinski definition) is 1. The lowest BCUT2D eigenvalue weighted by molar-refractivity contribution is -0.118. The number of nitriles is 2. The van der Waals surface area contributed by atoms with Crippen LogP contribution >= 0.6 is 0 Å². The van der Waals surface area contributed by atoms with Crippen LogP contribution in [0.3, 0.4) is 0 Å². The molecule has 2 aromatic rings. The monoisotopic (exact) mass is 338 g/mol. The van der Waals surface area contributed by atoms with Crippen molar-refractivity contribution < 1.29 is 13.9 Å². The van der Waals surface area contributed by atoms with Crippen LogP contribution in [0.4, 0.5) is 10.2 Å². The summed E-state index contributed by atoms with van der Waals surface area (Å²) in [7, 11) is 1.30. The fraction of sp³-hybridized carbons (Fsp3) is 0.222. The lowest BCUT2D eigenvalue weighted by Crippen LogP contribution is -2.20. The molecule has 1 heterocycles. The van der Waals surface area contributed by atoms with Crippen molar-refractivity contribution in [2.75, 3.05) is 12.4 Å². The molecule has 1 aromatic carbocycles. The number of aromatic nitrogens is 1. The fourth-order valence-electron chi connectivity index (χ4n) is 2.21. The first-order valence-corrected chi connectivity index (χ1v) is 7.42. The molecule has 0 saturated heterocycles. The fourth-order valence-corrected chi connectivity index (χ4v) is 2.21. The average Bonchev–Trinajstić information content (AvgIpc) is 2.60. The zero-order valence-electron chi connectivity index (χ0n) is 13.9. The first-order valence-electron chi connectivity index (χ1n) is 7.42. The van der Waals surface area contributed by atoms with E-state index in [1.165, 1.54) is 25.3 Å². The third-order valence-electron chi connectivity index (χ3n) is 3.49. The van der Waals surface area contributed by atoms with Crippen LogP contribution < -0.4 is 10.1 Å². The number of rotatable bonds is 4. The van der Waals surface area contributed by atoms with Crippen molar-refractivity contribution in [2.45, 2.75) is 13.8 Å². The number of pyridine rings is 1. The first kappa shape index (κ1) is 17.9. The van der Waals surface area contributed by atoms with Gasteiger partial charge in [-0.25, -0.2) is 4.39 Å². The van der Waals surface area contributed by atoms with Gasteiger partial charge in [-0.3, -0.25) is 4.79 Å². The highest BCUT2D eigenvalue weighted by Crippen LogP contribution is 2.37. The molecule has 6 nitrogen and oxygen atoms in total. The van der Waals surface area contributed by atoms with Gasteiger partial charge in [-0.2, -0.15) is 15.5 Å². The Morgan fingerprint density at radius 2 is 1.88 bits per heavy atom. The maximum absolute atomic E-state index is 14.3. The Bertz CT molecular complexity index is 911. The van der Waals surface area contributed by atoms with Crippen LogP contribution in [0.15, 0.2) is 24.3 Å². The van der Waals surface area contributed by atoms with Crippen molar-refractivity contribution in [1.29, 1.82) is 10.5 Å². The summed E-state index contributed by atoms with van der Waals surface area (Å²) >= 11 is 0. The molecule has 0 unspecified atom stereocenters. The molecule has 0 aliphatic heterocycles. The zero-order chi connectivity index (χ0) is 18.6. The third-order valence-corrected chi connectivity index (χ3v) is 3.49. The van der Waals surface area contributed by atoms with Crippen molar-refractivity contribution >= 4 is 11.7 Å². The van der Waals surface area contributed by atoms with E-state index in [1.54, 1.807) is 19.9 Å². The topological polar surface area (TPSA) is 98.8 Å². The van der Waals surface area contributed by atoms with Gasteiger partial charge >= 0.3 is 0 Å². The summed E-state index contributed by atoms with van der Waals surface area (Å²) in [5, 5.41) is 21.6.